The summed E-state index contributed by atoms with van der Waals surface area (Å²) in [5, 5.41) is 11.9. The highest BCUT2D eigenvalue weighted by molar-refractivity contribution is 6.31. The molecule has 194 valence electrons. The summed E-state index contributed by atoms with van der Waals surface area (Å²) in [7, 11) is 1.44. The second-order valence-corrected chi connectivity index (χ2v) is 8.84. The molecule has 0 saturated carbocycles. The van der Waals surface area contributed by atoms with E-state index in [-0.39, 0.29) is 29.3 Å². The van der Waals surface area contributed by atoms with Crippen LogP contribution in [0.25, 0.3) is 11.0 Å². The second kappa shape index (κ2) is 9.83. The maximum atomic E-state index is 14.9. The number of nitrogens with zero attached hydrogens (tertiary/aromatic N) is 1. The molecule has 4 aromatic rings. The standard InChI is InChI=1S/C28H20ClF2NO6/c1-3-37-22-11-14(4-8-21(22)36-2)25-24(26(33)23-12-15-10-16(29)5-9-20(15)38-23)27(34)28(35)32(25)19-13-17(30)6-7-18(19)31/h4-13,25,34H,3H2,1-2H3. The number of hydrogen-bond acceptors (Lipinski definition) is 6. The lowest BCUT2D eigenvalue weighted by Gasteiger charge is -2.27. The van der Waals surface area contributed by atoms with Crippen LogP contribution in [0.1, 0.15) is 29.1 Å². The molecule has 0 saturated heterocycles. The van der Waals surface area contributed by atoms with Crippen molar-refractivity contribution in [3.8, 4) is 11.5 Å². The van der Waals surface area contributed by atoms with Crippen LogP contribution < -0.4 is 14.4 Å². The number of ketones is 1. The summed E-state index contributed by atoms with van der Waals surface area (Å²) < 4.78 is 45.8. The third kappa shape index (κ3) is 4.24. The fraction of sp³-hybridized carbons (Fsp3) is 0.143. The van der Waals surface area contributed by atoms with Crippen molar-refractivity contribution in [3.63, 3.8) is 0 Å². The number of halogens is 3. The lowest BCUT2D eigenvalue weighted by Crippen LogP contribution is -2.32. The third-order valence-corrected chi connectivity index (χ3v) is 6.36. The maximum Gasteiger partial charge on any atom is 0.294 e. The number of aliphatic hydroxyl groups is 1. The molecular formula is C28H20ClF2NO6. The highest BCUT2D eigenvalue weighted by atomic mass is 35.5. The predicted octanol–water partition coefficient (Wildman–Crippen LogP) is 6.55. The first-order valence-corrected chi connectivity index (χ1v) is 11.9. The number of anilines is 1. The lowest BCUT2D eigenvalue weighted by atomic mass is 9.94. The van der Waals surface area contributed by atoms with Crippen LogP contribution >= 0.6 is 11.6 Å². The van der Waals surface area contributed by atoms with Crippen LogP contribution in [0, 0.1) is 11.6 Å². The van der Waals surface area contributed by atoms with Crippen LogP contribution in [-0.2, 0) is 4.79 Å². The molecule has 0 fully saturated rings. The van der Waals surface area contributed by atoms with Crippen molar-refractivity contribution >= 4 is 39.9 Å². The number of aliphatic hydroxyl groups excluding tert-OH is 1. The zero-order valence-corrected chi connectivity index (χ0v) is 20.9. The maximum absolute atomic E-state index is 14.9. The van der Waals surface area contributed by atoms with Crippen LogP contribution in [0.3, 0.4) is 0 Å². The summed E-state index contributed by atoms with van der Waals surface area (Å²) in [5.74, 6) is -4.08. The largest absolute Gasteiger partial charge is 0.503 e. The van der Waals surface area contributed by atoms with Crippen molar-refractivity contribution in [1.82, 2.24) is 0 Å². The highest BCUT2D eigenvalue weighted by Gasteiger charge is 2.46. The Morgan fingerprint density at radius 2 is 1.87 bits per heavy atom. The summed E-state index contributed by atoms with van der Waals surface area (Å²) in [5.41, 5.74) is -0.205. The van der Waals surface area contributed by atoms with Crippen molar-refractivity contribution in [2.45, 2.75) is 13.0 Å². The van der Waals surface area contributed by atoms with Gasteiger partial charge in [0.1, 0.15) is 17.2 Å². The number of ether oxygens (including phenoxy) is 2. The summed E-state index contributed by atoms with van der Waals surface area (Å²) in [6, 6.07) is 12.0. The van der Waals surface area contributed by atoms with E-state index in [1.807, 2.05) is 0 Å². The zero-order valence-electron chi connectivity index (χ0n) is 20.1. The molecule has 0 aliphatic carbocycles. The first-order valence-electron chi connectivity index (χ1n) is 11.5. The topological polar surface area (TPSA) is 89.2 Å². The Kier molecular flexibility index (Phi) is 6.54. The highest BCUT2D eigenvalue weighted by Crippen LogP contribution is 2.45. The normalized spacial score (nSPS) is 15.4. The molecule has 1 aromatic heterocycles. The molecule has 10 heteroatoms. The number of rotatable bonds is 7. The molecule has 1 unspecified atom stereocenters. The third-order valence-electron chi connectivity index (χ3n) is 6.13. The molecule has 7 nitrogen and oxygen atoms in total. The molecule has 3 aromatic carbocycles. The Hall–Kier alpha value is -4.37. The molecular weight excluding hydrogens is 520 g/mol. The van der Waals surface area contributed by atoms with Crippen molar-refractivity contribution in [3.05, 3.63) is 100.0 Å². The molecule has 0 radical (unpaired) electrons. The van der Waals surface area contributed by atoms with E-state index in [0.29, 0.717) is 21.7 Å². The van der Waals surface area contributed by atoms with Gasteiger partial charge in [-0.1, -0.05) is 17.7 Å². The van der Waals surface area contributed by atoms with Crippen molar-refractivity contribution in [2.75, 3.05) is 18.6 Å². The smallest absolute Gasteiger partial charge is 0.294 e. The number of Topliss-reactive ketones (excluding diaryl/α,β-unsaturated/α-hetero) is 1. The van der Waals surface area contributed by atoms with Gasteiger partial charge in [0, 0.05) is 16.5 Å². The van der Waals surface area contributed by atoms with Crippen LogP contribution in [0.4, 0.5) is 14.5 Å². The molecule has 5 rings (SSSR count). The van der Waals surface area contributed by atoms with E-state index in [4.69, 9.17) is 25.5 Å². The fourth-order valence-electron chi connectivity index (χ4n) is 4.46. The van der Waals surface area contributed by atoms with Gasteiger partial charge in [-0.05, 0) is 61.0 Å². The van der Waals surface area contributed by atoms with Gasteiger partial charge in [-0.25, -0.2) is 8.78 Å². The van der Waals surface area contributed by atoms with Crippen LogP contribution in [-0.4, -0.2) is 30.5 Å². The number of benzene rings is 3. The van der Waals surface area contributed by atoms with Crippen molar-refractivity contribution in [1.29, 1.82) is 0 Å². The number of amides is 1. The minimum atomic E-state index is -1.35. The minimum absolute atomic E-state index is 0.179. The summed E-state index contributed by atoms with van der Waals surface area (Å²) in [4.78, 5) is 27.9. The number of furan rings is 1. The predicted molar refractivity (Wildman–Crippen MR) is 136 cm³/mol. The zero-order chi connectivity index (χ0) is 27.1. The van der Waals surface area contributed by atoms with E-state index in [9.17, 15) is 23.5 Å². The SMILES string of the molecule is CCOc1cc(C2C(C(=O)c3cc4cc(Cl)ccc4o3)=C(O)C(=O)N2c2cc(F)ccc2F)ccc1OC. The Balaban J connectivity index is 1.70. The quantitative estimate of drug-likeness (QED) is 0.268. The number of hydrogen-bond donors (Lipinski definition) is 1. The molecule has 1 atom stereocenters. The molecule has 0 spiro atoms. The first-order chi connectivity index (χ1) is 18.2. The summed E-state index contributed by atoms with van der Waals surface area (Å²) >= 11 is 6.04. The fourth-order valence-corrected chi connectivity index (χ4v) is 4.64. The minimum Gasteiger partial charge on any atom is -0.503 e. The Morgan fingerprint density at radius 3 is 2.61 bits per heavy atom. The Morgan fingerprint density at radius 1 is 1.08 bits per heavy atom. The molecule has 38 heavy (non-hydrogen) atoms. The number of fused-ring (bicyclic) bond motifs is 1. The van der Waals surface area contributed by atoms with E-state index in [1.54, 1.807) is 31.2 Å². The molecule has 1 N–H and O–H groups in total. The van der Waals surface area contributed by atoms with Gasteiger partial charge in [0.2, 0.25) is 5.78 Å². The van der Waals surface area contributed by atoms with Gasteiger partial charge in [-0.2, -0.15) is 0 Å². The first kappa shape index (κ1) is 25.3. The molecule has 2 heterocycles. The van der Waals surface area contributed by atoms with Gasteiger partial charge < -0.3 is 19.0 Å². The number of carbonyl (C=O) groups is 2. The van der Waals surface area contributed by atoms with Gasteiger partial charge in [0.05, 0.1) is 31.0 Å². The Labute approximate surface area is 220 Å². The summed E-state index contributed by atoms with van der Waals surface area (Å²) in [6.45, 7) is 2.04. The van der Waals surface area contributed by atoms with Gasteiger partial charge in [-0.15, -0.1) is 0 Å². The average molecular weight is 540 g/mol. The van der Waals surface area contributed by atoms with Gasteiger partial charge in [0.25, 0.3) is 5.91 Å². The second-order valence-electron chi connectivity index (χ2n) is 8.40. The van der Waals surface area contributed by atoms with E-state index in [1.165, 1.54) is 25.3 Å². The molecule has 0 bridgehead atoms. The molecule has 1 amide bonds. The van der Waals surface area contributed by atoms with Crippen molar-refractivity contribution < 1.29 is 37.4 Å². The average Bonchev–Trinajstić information content (AvgIpc) is 3.43. The summed E-state index contributed by atoms with van der Waals surface area (Å²) in [6.07, 6.45) is 0. The van der Waals surface area contributed by atoms with Gasteiger partial charge in [-0.3, -0.25) is 14.5 Å². The van der Waals surface area contributed by atoms with Crippen LogP contribution in [0.2, 0.25) is 5.02 Å². The van der Waals surface area contributed by atoms with E-state index in [2.05, 4.69) is 0 Å². The van der Waals surface area contributed by atoms with Gasteiger partial charge >= 0.3 is 0 Å². The number of methoxy groups -OCH3 is 1. The molecule has 1 aliphatic heterocycles. The lowest BCUT2D eigenvalue weighted by molar-refractivity contribution is -0.117. The van der Waals surface area contributed by atoms with Crippen molar-refractivity contribution in [2.24, 2.45) is 0 Å². The van der Waals surface area contributed by atoms with E-state index >= 15 is 0 Å². The van der Waals surface area contributed by atoms with Crippen LogP contribution in [0.5, 0.6) is 11.5 Å². The van der Waals surface area contributed by atoms with Crippen LogP contribution in [0.15, 0.2) is 76.4 Å². The van der Waals surface area contributed by atoms with E-state index < -0.39 is 40.8 Å². The monoisotopic (exact) mass is 539 g/mol. The van der Waals surface area contributed by atoms with E-state index in [0.717, 1.165) is 23.1 Å². The number of carbonyl (C=O) groups excluding carboxylic acids is 2. The Bertz CT molecular complexity index is 1630. The molecule has 1 aliphatic rings. The van der Waals surface area contributed by atoms with Gasteiger partial charge in [0.15, 0.2) is 23.0 Å².